The van der Waals surface area contributed by atoms with E-state index in [9.17, 15) is 0 Å². The van der Waals surface area contributed by atoms with Crippen molar-refractivity contribution in [3.63, 3.8) is 0 Å². The highest BCUT2D eigenvalue weighted by Gasteiger charge is 2.17. The van der Waals surface area contributed by atoms with Gasteiger partial charge in [0.25, 0.3) is 0 Å². The number of allylic oxidation sites excluding steroid dienone is 2. The summed E-state index contributed by atoms with van der Waals surface area (Å²) in [4.78, 5) is 7.93. The Balaban J connectivity index is 0.000000486. The molecule has 0 bridgehead atoms. The van der Waals surface area contributed by atoms with E-state index in [0.29, 0.717) is 6.29 Å². The molecule has 0 aliphatic carbocycles. The predicted molar refractivity (Wildman–Crippen MR) is 88.3 cm³/mol. The molecular formula is C18H26O3. The van der Waals surface area contributed by atoms with Crippen molar-refractivity contribution >= 4 is 6.29 Å². The van der Waals surface area contributed by atoms with Gasteiger partial charge in [0.1, 0.15) is 0 Å². The zero-order chi connectivity index (χ0) is 16.1. The molecule has 3 N–H and O–H groups in total. The summed E-state index contributed by atoms with van der Waals surface area (Å²) in [6.07, 6.45) is 8.81. The van der Waals surface area contributed by atoms with Gasteiger partial charge in [0, 0.05) is 0 Å². The van der Waals surface area contributed by atoms with Gasteiger partial charge in [-0.25, -0.2) is 18.6 Å². The number of aldehydes is 1. The average molecular weight is 290 g/mol. The minimum atomic E-state index is -1.22. The van der Waals surface area contributed by atoms with Gasteiger partial charge >= 0.3 is 6.29 Å². The van der Waals surface area contributed by atoms with Gasteiger partial charge in [-0.1, -0.05) is 41.8 Å². The van der Waals surface area contributed by atoms with Crippen LogP contribution in [0.25, 0.3) is 0 Å². The summed E-state index contributed by atoms with van der Waals surface area (Å²) in [6.45, 7) is 7.17. The second kappa shape index (κ2) is 12.1. The Morgan fingerprint density at radius 1 is 1.24 bits per heavy atom. The fourth-order valence-corrected chi connectivity index (χ4v) is 1.61. The molecule has 0 heterocycles. The highest BCUT2D eigenvalue weighted by Crippen LogP contribution is 2.11. The highest BCUT2D eigenvalue weighted by atomic mass is 16.3. The lowest BCUT2D eigenvalue weighted by Crippen LogP contribution is -2.23. The maximum Gasteiger partial charge on any atom is 0.317 e. The van der Waals surface area contributed by atoms with Crippen molar-refractivity contribution < 1.29 is 15.0 Å². The Morgan fingerprint density at radius 3 is 2.29 bits per heavy atom. The first-order valence-electron chi connectivity index (χ1n) is 7.02. The normalized spacial score (nSPS) is 13.1. The van der Waals surface area contributed by atoms with Crippen LogP contribution in [0.3, 0.4) is 0 Å². The maximum atomic E-state index is 8.32. The quantitative estimate of drug-likeness (QED) is 0.460. The van der Waals surface area contributed by atoms with E-state index < -0.39 is 12.2 Å². The molecule has 0 radical (unpaired) electrons. The topological polar surface area (TPSA) is 61.9 Å². The second-order valence-electron chi connectivity index (χ2n) is 4.55. The van der Waals surface area contributed by atoms with Crippen molar-refractivity contribution in [3.05, 3.63) is 67.3 Å². The van der Waals surface area contributed by atoms with Crippen LogP contribution >= 0.6 is 0 Å². The van der Waals surface area contributed by atoms with E-state index in [2.05, 4.69) is 63.1 Å². The number of hydrogen-bond donors (Lipinski definition) is 2. The average Bonchev–Trinajstić information content (AvgIpc) is 2.49. The van der Waals surface area contributed by atoms with Gasteiger partial charge in [-0.2, -0.15) is 13.3 Å². The Labute approximate surface area is 128 Å². The molecule has 21 heavy (non-hydrogen) atoms. The summed E-state index contributed by atoms with van der Waals surface area (Å²) < 4.78 is 0. The lowest BCUT2D eigenvalue weighted by Gasteiger charge is -2.12. The molecule has 1 aromatic carbocycles. The van der Waals surface area contributed by atoms with Crippen molar-refractivity contribution in [2.24, 2.45) is 0 Å². The molecule has 0 aromatic heterocycles. The van der Waals surface area contributed by atoms with Gasteiger partial charge in [0.15, 0.2) is 0 Å². The van der Waals surface area contributed by atoms with E-state index in [1.165, 1.54) is 11.1 Å². The van der Waals surface area contributed by atoms with E-state index in [0.717, 1.165) is 12.8 Å². The molecule has 116 valence electrons. The predicted octanol–water partition coefficient (Wildman–Crippen LogP) is 2.49. The number of hydrogen-bond acceptors (Lipinski definition) is 2. The van der Waals surface area contributed by atoms with E-state index >= 15 is 0 Å². The summed E-state index contributed by atoms with van der Waals surface area (Å²) in [5.74, 6) is 0. The summed E-state index contributed by atoms with van der Waals surface area (Å²) in [5, 5.41) is 16.6. The van der Waals surface area contributed by atoms with Crippen LogP contribution in [0.5, 0.6) is 0 Å². The van der Waals surface area contributed by atoms with Gasteiger partial charge in [0.05, 0.1) is 6.92 Å². The fourth-order valence-electron chi connectivity index (χ4n) is 1.61. The van der Waals surface area contributed by atoms with Gasteiger partial charge < -0.3 is 16.6 Å². The maximum absolute atomic E-state index is 8.32. The lowest BCUT2D eigenvalue weighted by molar-refractivity contribution is 0.0907. The molecule has 2 atom stereocenters. The van der Waals surface area contributed by atoms with E-state index in [4.69, 9.17) is 15.0 Å². The van der Waals surface area contributed by atoms with Crippen molar-refractivity contribution in [3.8, 4) is 0 Å². The van der Waals surface area contributed by atoms with Crippen LogP contribution in [-0.2, 0) is 12.8 Å². The molecule has 0 fully saturated rings. The van der Waals surface area contributed by atoms with Crippen LogP contribution in [0.1, 0.15) is 25.0 Å². The largest absolute Gasteiger partial charge is 0.375 e. The van der Waals surface area contributed by atoms with Crippen LogP contribution in [0.15, 0.2) is 36.4 Å². The third-order valence-electron chi connectivity index (χ3n) is 2.76. The van der Waals surface area contributed by atoms with Crippen molar-refractivity contribution in [2.75, 3.05) is 0 Å². The molecule has 1 rings (SSSR count). The van der Waals surface area contributed by atoms with Crippen LogP contribution in [0.4, 0.5) is 0 Å². The molecule has 0 saturated carbocycles. The number of aliphatic hydroxyl groups is 2. The van der Waals surface area contributed by atoms with Crippen LogP contribution in [-0.4, -0.2) is 33.5 Å². The van der Waals surface area contributed by atoms with Crippen molar-refractivity contribution in [1.29, 1.82) is 0 Å². The third-order valence-corrected chi connectivity index (χ3v) is 2.76. The first kappa shape index (κ1) is 19.3. The molecule has 0 amide bonds. The number of benzene rings is 1. The number of carbonyl (C=O) groups excluding carboxylic acids is 1. The van der Waals surface area contributed by atoms with Gasteiger partial charge in [-0.05, 0) is 0 Å². The molecule has 3 heteroatoms. The SMILES string of the molecule is C[CH-]/C=C\Cc1ccccc1C[CH-]C.[CH2+][C@H](O)[C@H](O)C=[OH+]. The summed E-state index contributed by atoms with van der Waals surface area (Å²) in [6, 6.07) is 8.63. The fraction of sp³-hybridized carbons (Fsp3) is 0.333. The zero-order valence-corrected chi connectivity index (χ0v) is 12.8. The van der Waals surface area contributed by atoms with Crippen LogP contribution in [0, 0.1) is 19.8 Å². The summed E-state index contributed by atoms with van der Waals surface area (Å²) in [5.41, 5.74) is 2.87. The second-order valence-corrected chi connectivity index (χ2v) is 4.55. The van der Waals surface area contributed by atoms with E-state index in [1.807, 2.05) is 6.92 Å². The molecule has 0 aliphatic heterocycles. The highest BCUT2D eigenvalue weighted by molar-refractivity contribution is 5.57. The molecule has 3 nitrogen and oxygen atoms in total. The first-order valence-corrected chi connectivity index (χ1v) is 7.02. The first-order chi connectivity index (χ1) is 10.1. The number of aliphatic hydroxyl groups excluding tert-OH is 2. The molecule has 1 aromatic rings. The summed E-state index contributed by atoms with van der Waals surface area (Å²) in [7, 11) is 0. The molecule has 0 spiro atoms. The van der Waals surface area contributed by atoms with Gasteiger partial charge in [-0.15, -0.1) is 6.92 Å². The van der Waals surface area contributed by atoms with Crippen LogP contribution < -0.4 is 0 Å². The van der Waals surface area contributed by atoms with E-state index in [-0.39, 0.29) is 0 Å². The monoisotopic (exact) mass is 290 g/mol. The molecule has 0 saturated heterocycles. The summed E-state index contributed by atoms with van der Waals surface area (Å²) >= 11 is 0. The van der Waals surface area contributed by atoms with E-state index in [1.54, 1.807) is 0 Å². The lowest BCUT2D eigenvalue weighted by atomic mass is 10.0. The zero-order valence-electron chi connectivity index (χ0n) is 12.8. The Hall–Kier alpha value is -1.71. The molecule has 0 aliphatic rings. The Morgan fingerprint density at radius 2 is 1.86 bits per heavy atom. The Kier molecular flexibility index (Phi) is 11.1. The third kappa shape index (κ3) is 8.95. The minimum absolute atomic E-state index is 0.484. The van der Waals surface area contributed by atoms with Gasteiger partial charge in [0.2, 0.25) is 12.2 Å². The Bertz CT molecular complexity index is 411. The van der Waals surface area contributed by atoms with Crippen molar-refractivity contribution in [2.45, 2.75) is 38.9 Å². The standard InChI is InChI=1S/C14H18.C4H7O3/c1-3-5-6-10-14-12-8-7-11-13(14)9-4-2;1-3(6)4(7)2-5/h3-8,11-12H,9-10H2,1-2H3;2-4,6-7H,1H2/q-2;+1/p+1/b6-5-;/t;3-,4+/m.0/s1. The molecule has 0 unspecified atom stereocenters. The van der Waals surface area contributed by atoms with Crippen LogP contribution in [0.2, 0.25) is 0 Å². The molecular weight excluding hydrogens is 264 g/mol. The number of rotatable bonds is 7. The minimum Gasteiger partial charge on any atom is -0.375 e. The smallest absolute Gasteiger partial charge is 0.317 e. The van der Waals surface area contributed by atoms with Gasteiger partial charge in [-0.3, -0.25) is 4.79 Å². The van der Waals surface area contributed by atoms with Crippen molar-refractivity contribution in [1.82, 2.24) is 0 Å².